The number of amides is 3. The molecule has 0 radical (unpaired) electrons. The van der Waals surface area contributed by atoms with Crippen molar-refractivity contribution in [1.29, 1.82) is 15.8 Å². The van der Waals surface area contributed by atoms with Crippen LogP contribution in [-0.4, -0.2) is 177 Å². The molecule has 0 atom stereocenters. The molecule has 3 amide bonds. The predicted molar refractivity (Wildman–Crippen MR) is 409 cm³/mol. The fourth-order valence-electron chi connectivity index (χ4n) is 10.9. The van der Waals surface area contributed by atoms with E-state index in [1.165, 1.54) is 92.1 Å². The number of ether oxygens (including phenoxy) is 3. The number of fused-ring (bicyclic) bond motifs is 3. The molecular formula is C74H74Cl5N21O12S. The van der Waals surface area contributed by atoms with Gasteiger partial charge in [-0.1, -0.05) is 34.8 Å². The highest BCUT2D eigenvalue weighted by atomic mass is 35.5. The van der Waals surface area contributed by atoms with E-state index in [1.54, 1.807) is 120 Å². The quantitative estimate of drug-likeness (QED) is 0.0919. The lowest BCUT2D eigenvalue weighted by Gasteiger charge is -2.15. The molecule has 0 aliphatic carbocycles. The fourth-order valence-corrected chi connectivity index (χ4v) is 11.6. The number of hydrogen-bond donors (Lipinski definition) is 3. The van der Waals surface area contributed by atoms with Gasteiger partial charge in [-0.15, -0.1) is 0 Å². The average Bonchev–Trinajstić information content (AvgIpc) is 1.65. The summed E-state index contributed by atoms with van der Waals surface area (Å²) < 4.78 is 52.9. The highest BCUT2D eigenvalue weighted by Crippen LogP contribution is 2.31. The van der Waals surface area contributed by atoms with Crippen LogP contribution in [0.15, 0.2) is 161 Å². The lowest BCUT2D eigenvalue weighted by atomic mass is 10.2. The molecule has 39 heteroatoms. The third-order valence-corrected chi connectivity index (χ3v) is 17.0. The van der Waals surface area contributed by atoms with Gasteiger partial charge < -0.3 is 88.8 Å². The molecule has 9 aromatic heterocycles. The molecule has 12 rings (SSSR count). The number of nitriles is 3. The predicted octanol–water partition coefficient (Wildman–Crippen LogP) is 0.347. The summed E-state index contributed by atoms with van der Waals surface area (Å²) in [4.78, 5) is 96.4. The lowest BCUT2D eigenvalue weighted by Crippen LogP contribution is -3.00. The summed E-state index contributed by atoms with van der Waals surface area (Å²) >= 11 is 18.2. The summed E-state index contributed by atoms with van der Waals surface area (Å²) in [6, 6.07) is 34.7. The van der Waals surface area contributed by atoms with Crippen molar-refractivity contribution in [1.82, 2.24) is 72.7 Å². The van der Waals surface area contributed by atoms with Gasteiger partial charge in [0.15, 0.2) is 34.2 Å². The smallest absolute Gasteiger partial charge is 0.346 e. The zero-order valence-electron chi connectivity index (χ0n) is 62.0. The van der Waals surface area contributed by atoms with Crippen molar-refractivity contribution in [3.8, 4) is 52.7 Å². The van der Waals surface area contributed by atoms with Crippen LogP contribution in [0.2, 0.25) is 15.1 Å². The number of nitrogens with two attached hydrogens (primary N) is 1. The van der Waals surface area contributed by atoms with Crippen molar-refractivity contribution in [3.05, 3.63) is 243 Å². The highest BCUT2D eigenvalue weighted by molar-refractivity contribution is 7.84. The average molecular weight is 1660 g/mol. The molecule has 0 unspecified atom stereocenters. The van der Waals surface area contributed by atoms with E-state index < -0.39 is 21.2 Å². The number of nitrogens with zero attached hydrogens (tertiary/aromatic N) is 18. The number of halogens is 5. The Morgan fingerprint density at radius 1 is 0.504 bits per heavy atom. The van der Waals surface area contributed by atoms with Gasteiger partial charge in [0.05, 0.1) is 128 Å². The number of likely N-dealkylation sites (N-methyl/N-ethyl adjacent to an activating group) is 4. The van der Waals surface area contributed by atoms with Crippen molar-refractivity contribution in [2.24, 2.45) is 0 Å². The molecule has 8 N–H and O–H groups in total. The van der Waals surface area contributed by atoms with Crippen LogP contribution in [-0.2, 0) is 29.8 Å². The number of carbonyl (C=O) groups is 3. The van der Waals surface area contributed by atoms with Crippen LogP contribution < -0.4 is 72.5 Å². The Balaban J connectivity index is 0.000000226. The Morgan fingerprint density at radius 3 is 1.04 bits per heavy atom. The molecule has 33 nitrogen and oxygen atoms in total. The SMILES string of the molecule is CS(=O)(=O)[O-].C[NH2+]CCN(C)C(=O)n1nc(Cn2ccc(C)c(Oc3cc(Cl)cc(C#N)c3)c2=O)c2cccnc21.Cc1ccn(Cc2nn(C(=O)N(C)CC[NH3+])c3ncccc23)c(=O)c1Oc1cc(Cl)cc(C#N)c1.Cc1ccn(Cc2nn(C(=O)N(C)CC[NH3+])c3ncccc23)c(=O)c1Oc1cc(Cl)cc(C#N)c1.[Cl-].[Cl-]. The van der Waals surface area contributed by atoms with E-state index in [4.69, 9.17) is 62.0 Å². The summed E-state index contributed by atoms with van der Waals surface area (Å²) in [6.45, 7) is 8.92. The number of quaternary nitrogens is 3. The first-order valence-electron chi connectivity index (χ1n) is 33.7. The van der Waals surface area contributed by atoms with Crippen molar-refractivity contribution >= 4 is 96.1 Å². The van der Waals surface area contributed by atoms with Gasteiger partial charge in [-0.3, -0.25) is 14.4 Å². The molecule has 0 aliphatic heterocycles. The van der Waals surface area contributed by atoms with E-state index in [0.717, 1.165) is 6.54 Å². The maximum Gasteiger partial charge on any atom is 0.346 e. The number of aromatic nitrogens is 12. The van der Waals surface area contributed by atoms with Crippen molar-refractivity contribution in [2.45, 2.75) is 40.4 Å². The van der Waals surface area contributed by atoms with Gasteiger partial charge in [-0.25, -0.2) is 37.8 Å². The third kappa shape index (κ3) is 22.1. The van der Waals surface area contributed by atoms with E-state index in [2.05, 4.69) is 41.7 Å². The Bertz CT molecular complexity index is 5730. The number of pyridine rings is 6. The van der Waals surface area contributed by atoms with Crippen LogP contribution in [0.1, 0.15) is 50.5 Å². The van der Waals surface area contributed by atoms with E-state index >= 15 is 0 Å². The summed E-state index contributed by atoms with van der Waals surface area (Å²) in [5, 5.41) is 46.0. The Hall–Kier alpha value is -12.1. The molecule has 0 saturated carbocycles. The summed E-state index contributed by atoms with van der Waals surface area (Å²) in [5.74, 6) is 1.17. The molecule has 0 saturated heterocycles. The largest absolute Gasteiger partial charge is 1.00 e. The zero-order chi connectivity index (χ0) is 80.5. The van der Waals surface area contributed by atoms with Gasteiger partial charge in [0.25, 0.3) is 16.7 Å². The van der Waals surface area contributed by atoms with E-state index in [1.807, 2.05) is 48.8 Å². The minimum atomic E-state index is -3.92. The van der Waals surface area contributed by atoms with E-state index in [9.17, 15) is 44.6 Å². The molecule has 113 heavy (non-hydrogen) atoms. The first-order valence-corrected chi connectivity index (χ1v) is 36.7. The van der Waals surface area contributed by atoms with Gasteiger partial charge in [0, 0.05) is 95.8 Å². The minimum Gasteiger partial charge on any atom is -1.00 e. The van der Waals surface area contributed by atoms with Crippen LogP contribution in [0.3, 0.4) is 0 Å². The Kier molecular flexibility index (Phi) is 30.9. The zero-order valence-corrected chi connectivity index (χ0v) is 66.6. The van der Waals surface area contributed by atoms with E-state index in [0.29, 0.717) is 138 Å². The maximum absolute atomic E-state index is 13.4. The van der Waals surface area contributed by atoms with Crippen molar-refractivity contribution in [3.63, 3.8) is 0 Å². The molecule has 3 aromatic carbocycles. The molecule has 9 heterocycles. The van der Waals surface area contributed by atoms with Crippen LogP contribution in [0.5, 0.6) is 34.5 Å². The van der Waals surface area contributed by atoms with Gasteiger partial charge >= 0.3 is 18.1 Å². The van der Waals surface area contributed by atoms with Crippen molar-refractivity contribution < 1.29 is 83.2 Å². The van der Waals surface area contributed by atoms with Crippen molar-refractivity contribution in [2.75, 3.05) is 73.7 Å². The van der Waals surface area contributed by atoms with Gasteiger partial charge in [0.2, 0.25) is 0 Å². The van der Waals surface area contributed by atoms with Gasteiger partial charge in [-0.05, 0) is 147 Å². The summed E-state index contributed by atoms with van der Waals surface area (Å²) in [6.07, 6.45) is 10.3. The molecular weight excluding hydrogens is 1580 g/mol. The van der Waals surface area contributed by atoms with Gasteiger partial charge in [0.1, 0.15) is 17.2 Å². The summed E-state index contributed by atoms with van der Waals surface area (Å²) in [5.41, 5.74) is 12.0. The second-order valence-corrected chi connectivity index (χ2v) is 27.6. The summed E-state index contributed by atoms with van der Waals surface area (Å²) in [7, 11) is 3.08. The standard InChI is InChI=1S/C25H24ClN7O3.2C24H22ClN7O3.CH4O3S.2ClH/c1-16-6-9-32(24(34)22(16)36-19-12-17(14-27)11-18(26)13-19)15-21-20-5-4-7-29-23(20)33(30-21)25(35)31(3)10-8-28-2;2*1-15-5-8-31(23(33)21(15)35-18-11-16(13-27)10-17(25)12-18)14-20-19-4-3-7-28-22(19)32(29-20)24(34)30(2)9-6-26;1-5(2,3)4;;/h4-7,9,11-13,28H,8,10,15H2,1-3H3;2*3-5,7-8,10-12H,6,9,14,26H2,1-2H3;1H3,(H,2,3,4);2*1H. The normalized spacial score (nSPS) is 10.7. The monoisotopic (exact) mass is 1660 g/mol. The van der Waals surface area contributed by atoms with Crippen LogP contribution in [0.4, 0.5) is 14.4 Å². The van der Waals surface area contributed by atoms with E-state index in [-0.39, 0.29) is 103 Å². The number of benzene rings is 3. The molecule has 0 spiro atoms. The fraction of sp³-hybridized carbons (Fsp3) is 0.230. The molecule has 588 valence electrons. The number of hydrogen-bond acceptors (Lipinski definition) is 21. The Labute approximate surface area is 673 Å². The lowest BCUT2D eigenvalue weighted by molar-refractivity contribution is -0.626. The first kappa shape index (κ1) is 88.1. The van der Waals surface area contributed by atoms with Crippen LogP contribution in [0.25, 0.3) is 33.1 Å². The number of aryl methyl sites for hydroxylation is 3. The topological polar surface area (TPSA) is 447 Å². The Morgan fingerprint density at radius 2 is 0.779 bits per heavy atom. The van der Waals surface area contributed by atoms with Crippen LogP contribution >= 0.6 is 34.8 Å². The number of carbonyl (C=O) groups excluding carboxylic acids is 3. The molecule has 0 fully saturated rings. The van der Waals surface area contributed by atoms with Crippen LogP contribution in [0, 0.1) is 54.8 Å². The number of rotatable bonds is 19. The first-order chi connectivity index (χ1) is 52.9. The maximum atomic E-state index is 13.4. The third-order valence-electron chi connectivity index (χ3n) is 16.4. The van der Waals surface area contributed by atoms with Gasteiger partial charge in [-0.2, -0.15) is 45.1 Å². The molecule has 0 aliphatic rings. The molecule has 12 aromatic rings. The minimum absolute atomic E-state index is 0. The molecule has 0 bridgehead atoms. The second-order valence-electron chi connectivity index (χ2n) is 24.9. The second kappa shape index (κ2) is 39.7. The highest BCUT2D eigenvalue weighted by Gasteiger charge is 2.26.